The number of aromatic amines is 1. The number of benzene rings is 2. The molecule has 6 nitrogen and oxygen atoms in total. The third-order valence-electron chi connectivity index (χ3n) is 5.18. The van der Waals surface area contributed by atoms with Crippen molar-refractivity contribution in [3.63, 3.8) is 0 Å². The minimum atomic E-state index is -0.683. The van der Waals surface area contributed by atoms with E-state index < -0.39 is 11.9 Å². The molecule has 1 aliphatic heterocycles. The van der Waals surface area contributed by atoms with Gasteiger partial charge in [0.1, 0.15) is 11.3 Å². The minimum Gasteiger partial charge on any atom is -0.462 e. The van der Waals surface area contributed by atoms with Crippen molar-refractivity contribution in [2.24, 2.45) is 5.73 Å². The Morgan fingerprint density at radius 2 is 1.86 bits per heavy atom. The number of hydrogen-bond acceptors (Lipinski definition) is 5. The predicted molar refractivity (Wildman–Crippen MR) is 111 cm³/mol. The van der Waals surface area contributed by atoms with Crippen LogP contribution < -0.4 is 16.0 Å². The fourth-order valence-corrected chi connectivity index (χ4v) is 3.76. The molecule has 0 saturated carbocycles. The van der Waals surface area contributed by atoms with Crippen LogP contribution in [-0.2, 0) is 16.0 Å². The van der Waals surface area contributed by atoms with Gasteiger partial charge in [-0.2, -0.15) is 0 Å². The van der Waals surface area contributed by atoms with E-state index in [9.17, 15) is 9.59 Å². The molecule has 1 aliphatic rings. The number of hydrogen-bond donors (Lipinski definition) is 2. The molecule has 0 saturated heterocycles. The van der Waals surface area contributed by atoms with Crippen LogP contribution in [0.3, 0.4) is 0 Å². The van der Waals surface area contributed by atoms with Gasteiger partial charge in [0, 0.05) is 5.39 Å². The first kappa shape index (κ1) is 18.8. The number of fused-ring (bicyclic) bond motifs is 3. The first-order valence-electron chi connectivity index (χ1n) is 9.63. The molecular formula is C23H22N2O4. The summed E-state index contributed by atoms with van der Waals surface area (Å²) in [6, 6.07) is 15.1. The molecule has 3 N–H and O–H groups in total. The lowest BCUT2D eigenvalue weighted by molar-refractivity contribution is -0.139. The van der Waals surface area contributed by atoms with Gasteiger partial charge < -0.3 is 20.2 Å². The summed E-state index contributed by atoms with van der Waals surface area (Å²) in [6.07, 6.45) is 0.887. The van der Waals surface area contributed by atoms with Crippen LogP contribution in [-0.4, -0.2) is 17.6 Å². The van der Waals surface area contributed by atoms with Gasteiger partial charge in [0.15, 0.2) is 0 Å². The molecule has 0 bridgehead atoms. The molecule has 0 amide bonds. The Bertz CT molecular complexity index is 1180. The van der Waals surface area contributed by atoms with Crippen LogP contribution in [0.5, 0.6) is 5.75 Å². The highest BCUT2D eigenvalue weighted by molar-refractivity contribution is 5.95. The van der Waals surface area contributed by atoms with Crippen LogP contribution in [0, 0.1) is 0 Å². The van der Waals surface area contributed by atoms with Crippen molar-refractivity contribution in [1.29, 1.82) is 0 Å². The van der Waals surface area contributed by atoms with E-state index in [2.05, 4.69) is 11.9 Å². The molecular weight excluding hydrogens is 368 g/mol. The van der Waals surface area contributed by atoms with Gasteiger partial charge in [-0.1, -0.05) is 43.3 Å². The number of aromatic nitrogens is 1. The fraction of sp³-hybridized carbons (Fsp3) is 0.217. The highest BCUT2D eigenvalue weighted by atomic mass is 16.5. The van der Waals surface area contributed by atoms with E-state index in [1.807, 2.05) is 42.5 Å². The average molecular weight is 390 g/mol. The highest BCUT2D eigenvalue weighted by Crippen LogP contribution is 2.43. The molecule has 1 aromatic heterocycles. The molecule has 2 heterocycles. The molecule has 6 heteroatoms. The van der Waals surface area contributed by atoms with E-state index in [1.165, 1.54) is 0 Å². The van der Waals surface area contributed by atoms with Crippen molar-refractivity contribution >= 4 is 16.9 Å². The molecule has 0 spiro atoms. The van der Waals surface area contributed by atoms with Gasteiger partial charge >= 0.3 is 5.97 Å². The number of aryl methyl sites for hydroxylation is 1. The first-order chi connectivity index (χ1) is 14.0. The Morgan fingerprint density at radius 3 is 2.55 bits per heavy atom. The van der Waals surface area contributed by atoms with Gasteiger partial charge in [-0.15, -0.1) is 0 Å². The van der Waals surface area contributed by atoms with Gasteiger partial charge in [-0.3, -0.25) is 4.79 Å². The minimum absolute atomic E-state index is 0.0451. The summed E-state index contributed by atoms with van der Waals surface area (Å²) >= 11 is 0. The molecule has 1 unspecified atom stereocenters. The Balaban J connectivity index is 2.01. The van der Waals surface area contributed by atoms with E-state index in [-0.39, 0.29) is 23.6 Å². The standard InChI is InChI=1S/C23H22N2O4/c1-3-13-9-11-14(12-10-13)17-18-20(29-21(24)19(17)23(27)28-4-2)15-7-5-6-8-16(15)25-22(18)26/h5-12,17H,3-4,24H2,1-2H3,(H,25,26). The Hall–Kier alpha value is -3.54. The van der Waals surface area contributed by atoms with Gasteiger partial charge in [0.25, 0.3) is 5.56 Å². The van der Waals surface area contributed by atoms with Gasteiger partial charge in [-0.25, -0.2) is 4.79 Å². The molecule has 0 fully saturated rings. The first-order valence-corrected chi connectivity index (χ1v) is 9.63. The number of ether oxygens (including phenoxy) is 2. The van der Waals surface area contributed by atoms with E-state index in [0.717, 1.165) is 22.9 Å². The zero-order valence-corrected chi connectivity index (χ0v) is 16.3. The number of rotatable bonds is 4. The number of carbonyl (C=O) groups is 1. The normalized spacial score (nSPS) is 15.7. The summed E-state index contributed by atoms with van der Waals surface area (Å²) in [4.78, 5) is 28.7. The second kappa shape index (κ2) is 7.47. The number of H-pyrrole nitrogens is 1. The predicted octanol–water partition coefficient (Wildman–Crippen LogP) is 3.35. The van der Waals surface area contributed by atoms with E-state index in [1.54, 1.807) is 13.0 Å². The molecule has 148 valence electrons. The largest absolute Gasteiger partial charge is 0.462 e. The zero-order chi connectivity index (χ0) is 20.5. The highest BCUT2D eigenvalue weighted by Gasteiger charge is 2.38. The monoisotopic (exact) mass is 390 g/mol. The summed E-state index contributed by atoms with van der Waals surface area (Å²) in [5.74, 6) is -0.944. The molecule has 1 atom stereocenters. The van der Waals surface area contributed by atoms with Gasteiger partial charge in [-0.05, 0) is 36.6 Å². The Morgan fingerprint density at radius 1 is 1.14 bits per heavy atom. The summed E-state index contributed by atoms with van der Waals surface area (Å²) in [5.41, 5.74) is 8.94. The second-order valence-corrected chi connectivity index (χ2v) is 6.87. The SMILES string of the molecule is CCOC(=O)C1=C(N)Oc2c(c(=O)[nH]c3ccccc23)C1c1ccc(CC)cc1. The Kier molecular flexibility index (Phi) is 4.84. The smallest absolute Gasteiger partial charge is 0.340 e. The molecule has 0 radical (unpaired) electrons. The molecule has 4 rings (SSSR count). The Labute approximate surface area is 168 Å². The molecule has 0 aliphatic carbocycles. The maximum Gasteiger partial charge on any atom is 0.340 e. The fourth-order valence-electron chi connectivity index (χ4n) is 3.76. The molecule has 3 aromatic rings. The number of esters is 1. The second-order valence-electron chi connectivity index (χ2n) is 6.87. The van der Waals surface area contributed by atoms with Crippen molar-refractivity contribution in [1.82, 2.24) is 4.98 Å². The maximum atomic E-state index is 13.1. The topological polar surface area (TPSA) is 94.4 Å². The van der Waals surface area contributed by atoms with Crippen LogP contribution in [0.25, 0.3) is 10.9 Å². The summed E-state index contributed by atoms with van der Waals surface area (Å²) in [7, 11) is 0. The van der Waals surface area contributed by atoms with E-state index in [0.29, 0.717) is 16.8 Å². The third-order valence-corrected chi connectivity index (χ3v) is 5.18. The van der Waals surface area contributed by atoms with Crippen LogP contribution in [0.15, 0.2) is 64.8 Å². The molecule has 2 aromatic carbocycles. The summed E-state index contributed by atoms with van der Waals surface area (Å²) in [5, 5.41) is 0.725. The number of carbonyl (C=O) groups excluding carboxylic acids is 1. The average Bonchev–Trinajstić information content (AvgIpc) is 2.73. The lowest BCUT2D eigenvalue weighted by Crippen LogP contribution is -2.32. The number of pyridine rings is 1. The van der Waals surface area contributed by atoms with Crippen molar-refractivity contribution in [2.45, 2.75) is 26.2 Å². The maximum absolute atomic E-state index is 13.1. The van der Waals surface area contributed by atoms with Crippen LogP contribution in [0.1, 0.15) is 36.5 Å². The van der Waals surface area contributed by atoms with Crippen molar-refractivity contribution in [3.8, 4) is 5.75 Å². The quantitative estimate of drug-likeness (QED) is 0.666. The van der Waals surface area contributed by atoms with E-state index in [4.69, 9.17) is 15.2 Å². The van der Waals surface area contributed by atoms with Gasteiger partial charge in [0.05, 0.1) is 23.6 Å². The van der Waals surface area contributed by atoms with E-state index >= 15 is 0 Å². The summed E-state index contributed by atoms with van der Waals surface area (Å²) < 4.78 is 11.1. The lowest BCUT2D eigenvalue weighted by Gasteiger charge is -2.28. The summed E-state index contributed by atoms with van der Waals surface area (Å²) in [6.45, 7) is 3.98. The van der Waals surface area contributed by atoms with Crippen LogP contribution in [0.4, 0.5) is 0 Å². The van der Waals surface area contributed by atoms with Crippen LogP contribution in [0.2, 0.25) is 0 Å². The van der Waals surface area contributed by atoms with Gasteiger partial charge in [0.2, 0.25) is 5.88 Å². The van der Waals surface area contributed by atoms with Crippen molar-refractivity contribution in [3.05, 3.63) is 87.0 Å². The zero-order valence-electron chi connectivity index (χ0n) is 16.3. The molecule has 29 heavy (non-hydrogen) atoms. The number of para-hydroxylation sites is 1. The number of nitrogens with two attached hydrogens (primary N) is 1. The van der Waals surface area contributed by atoms with Crippen molar-refractivity contribution < 1.29 is 14.3 Å². The lowest BCUT2D eigenvalue weighted by atomic mass is 9.82. The third kappa shape index (κ3) is 3.16. The van der Waals surface area contributed by atoms with Crippen molar-refractivity contribution in [2.75, 3.05) is 6.61 Å². The number of nitrogens with one attached hydrogen (secondary N) is 1. The van der Waals surface area contributed by atoms with Crippen LogP contribution >= 0.6 is 0 Å².